The number of carbonyl (C=O) groups is 1. The van der Waals surface area contributed by atoms with Gasteiger partial charge in [-0.2, -0.15) is 5.26 Å². The van der Waals surface area contributed by atoms with Crippen molar-refractivity contribution in [2.24, 2.45) is 0 Å². The van der Waals surface area contributed by atoms with Crippen LogP contribution >= 0.6 is 0 Å². The van der Waals surface area contributed by atoms with Crippen molar-refractivity contribution in [3.05, 3.63) is 51.6 Å². The van der Waals surface area contributed by atoms with Crippen molar-refractivity contribution in [2.75, 3.05) is 6.61 Å². The molecule has 2 aromatic carbocycles. The third-order valence-corrected chi connectivity index (χ3v) is 5.74. The van der Waals surface area contributed by atoms with Crippen molar-refractivity contribution in [1.82, 2.24) is 4.90 Å². The molecule has 2 aromatic rings. The number of fused-ring (bicyclic) bond motifs is 1. The maximum absolute atomic E-state index is 12.5. The van der Waals surface area contributed by atoms with Gasteiger partial charge in [0, 0.05) is 26.8 Å². The van der Waals surface area contributed by atoms with Crippen LogP contribution in [0, 0.1) is 32.2 Å². The molecule has 5 nitrogen and oxygen atoms in total. The van der Waals surface area contributed by atoms with E-state index in [4.69, 9.17) is 9.47 Å². The van der Waals surface area contributed by atoms with Crippen molar-refractivity contribution in [1.29, 1.82) is 5.26 Å². The van der Waals surface area contributed by atoms with Crippen LogP contribution in [0.1, 0.15) is 61.1 Å². The van der Waals surface area contributed by atoms with Gasteiger partial charge in [0.1, 0.15) is 0 Å². The van der Waals surface area contributed by atoms with Crippen molar-refractivity contribution < 1.29 is 14.3 Å². The Labute approximate surface area is 185 Å². The van der Waals surface area contributed by atoms with Crippen LogP contribution in [0.4, 0.5) is 0 Å². The van der Waals surface area contributed by atoms with Gasteiger partial charge in [0.25, 0.3) is 5.75 Å². The number of nitriles is 1. The Morgan fingerprint density at radius 3 is 2.39 bits per heavy atom. The monoisotopic (exact) mass is 421 g/mol. The normalized spacial score (nSPS) is 13.0. The maximum Gasteiger partial charge on any atom is 0.310 e. The second-order valence-electron chi connectivity index (χ2n) is 9.30. The minimum atomic E-state index is -0.235. The number of hydrogen-bond donors (Lipinski definition) is 0. The van der Waals surface area contributed by atoms with E-state index in [1.807, 2.05) is 6.92 Å². The number of benzene rings is 2. The first-order valence-corrected chi connectivity index (χ1v) is 10.8. The van der Waals surface area contributed by atoms with Crippen molar-refractivity contribution in [2.45, 2.75) is 73.6 Å². The SMILES string of the molecule is CCOC(=O)Cc1c(C)c2c(c(C)c1-c1ccc(C)cc1[OH+]C(C)(C)C)CN(C#N)C2. The molecule has 1 aliphatic rings. The van der Waals surface area contributed by atoms with E-state index in [1.54, 1.807) is 4.90 Å². The second-order valence-corrected chi connectivity index (χ2v) is 9.30. The van der Waals surface area contributed by atoms with E-state index >= 15 is 0 Å². The Morgan fingerprint density at radius 2 is 1.81 bits per heavy atom. The zero-order valence-corrected chi connectivity index (χ0v) is 19.7. The highest BCUT2D eigenvalue weighted by atomic mass is 16.5. The molecule has 1 heterocycles. The number of ether oxygens (including phenoxy) is 2. The summed E-state index contributed by atoms with van der Waals surface area (Å²) < 4.78 is 10.3. The number of aromatic hydroxyl groups is 1. The molecule has 1 N–H and O–H groups in total. The van der Waals surface area contributed by atoms with Crippen LogP contribution in [0.5, 0.6) is 5.75 Å². The molecule has 3 rings (SSSR count). The number of carbonyl (C=O) groups excluding carboxylic acids is 1. The van der Waals surface area contributed by atoms with E-state index < -0.39 is 0 Å². The highest BCUT2D eigenvalue weighted by molar-refractivity contribution is 5.84. The minimum Gasteiger partial charge on any atom is -0.579 e. The molecule has 164 valence electrons. The number of aryl methyl sites for hydroxylation is 1. The molecule has 0 bridgehead atoms. The molecule has 0 saturated carbocycles. The lowest BCUT2D eigenvalue weighted by Crippen LogP contribution is -2.20. The zero-order chi connectivity index (χ0) is 22.9. The molecule has 0 fully saturated rings. The lowest BCUT2D eigenvalue weighted by atomic mass is 9.84. The van der Waals surface area contributed by atoms with Crippen LogP contribution in [-0.2, 0) is 29.0 Å². The average molecular weight is 422 g/mol. The van der Waals surface area contributed by atoms with Crippen LogP contribution < -0.4 is 0 Å². The van der Waals surface area contributed by atoms with E-state index in [2.05, 4.69) is 65.9 Å². The van der Waals surface area contributed by atoms with E-state index in [0.717, 1.165) is 44.7 Å². The lowest BCUT2D eigenvalue weighted by molar-refractivity contribution is -0.142. The van der Waals surface area contributed by atoms with Crippen molar-refractivity contribution in [3.8, 4) is 23.1 Å². The van der Waals surface area contributed by atoms with Crippen molar-refractivity contribution in [3.63, 3.8) is 0 Å². The molecular weight excluding hydrogens is 388 g/mol. The number of esters is 1. The largest absolute Gasteiger partial charge is 0.579 e. The van der Waals surface area contributed by atoms with Crippen LogP contribution in [0.3, 0.4) is 0 Å². The topological polar surface area (TPSA) is 66.1 Å². The molecule has 0 aliphatic carbocycles. The molecular formula is C26H33N2O3+. The summed E-state index contributed by atoms with van der Waals surface area (Å²) in [6.07, 6.45) is 2.49. The molecule has 0 aromatic heterocycles. The summed E-state index contributed by atoms with van der Waals surface area (Å²) in [5.74, 6) is 0.693. The fourth-order valence-electron chi connectivity index (χ4n) is 4.38. The number of aliphatic hydroxyl groups is 1. The van der Waals surface area contributed by atoms with Gasteiger partial charge in [-0.15, -0.1) is 0 Å². The Balaban J connectivity index is 2.29. The Kier molecular flexibility index (Phi) is 6.31. The summed E-state index contributed by atoms with van der Waals surface area (Å²) >= 11 is 0. The summed E-state index contributed by atoms with van der Waals surface area (Å²) in [6.45, 7) is 15.9. The fraction of sp³-hybridized carbons (Fsp3) is 0.462. The third kappa shape index (κ3) is 4.69. The summed E-state index contributed by atoms with van der Waals surface area (Å²) in [4.78, 5) is 14.3. The van der Waals surface area contributed by atoms with Gasteiger partial charge in [0.2, 0.25) is 0 Å². The Hall–Kier alpha value is -3.00. The molecule has 31 heavy (non-hydrogen) atoms. The van der Waals surface area contributed by atoms with Crippen LogP contribution in [-0.4, -0.2) is 27.8 Å². The smallest absolute Gasteiger partial charge is 0.310 e. The molecule has 0 unspecified atom stereocenters. The number of hydrogen-bond acceptors (Lipinski definition) is 4. The van der Waals surface area contributed by atoms with E-state index in [0.29, 0.717) is 19.7 Å². The first kappa shape index (κ1) is 22.7. The van der Waals surface area contributed by atoms with Gasteiger partial charge in [0.05, 0.1) is 31.7 Å². The molecule has 0 amide bonds. The predicted octanol–water partition coefficient (Wildman–Crippen LogP) is 5.22. The number of nitrogens with zero attached hydrogens (tertiary/aromatic N) is 2. The van der Waals surface area contributed by atoms with Crippen molar-refractivity contribution >= 4 is 5.97 Å². The highest BCUT2D eigenvalue weighted by Gasteiger charge is 2.30. The molecule has 0 radical (unpaired) electrons. The zero-order valence-electron chi connectivity index (χ0n) is 19.7. The van der Waals surface area contributed by atoms with Gasteiger partial charge in [-0.3, -0.25) is 4.79 Å². The summed E-state index contributed by atoms with van der Waals surface area (Å²) in [7, 11) is 0. The maximum atomic E-state index is 12.5. The summed E-state index contributed by atoms with van der Waals surface area (Å²) in [5.41, 5.74) is 8.49. The van der Waals surface area contributed by atoms with Gasteiger partial charge in [-0.25, -0.2) is 0 Å². The third-order valence-electron chi connectivity index (χ3n) is 5.74. The average Bonchev–Trinajstić information content (AvgIpc) is 3.11. The molecule has 1 aliphatic heterocycles. The predicted molar refractivity (Wildman–Crippen MR) is 123 cm³/mol. The fourth-order valence-corrected chi connectivity index (χ4v) is 4.38. The highest BCUT2D eigenvalue weighted by Crippen LogP contribution is 2.43. The molecule has 5 heteroatoms. The lowest BCUT2D eigenvalue weighted by Gasteiger charge is -2.24. The first-order chi connectivity index (χ1) is 14.6. The van der Waals surface area contributed by atoms with Gasteiger partial charge >= 0.3 is 5.97 Å². The first-order valence-electron chi connectivity index (χ1n) is 10.8. The van der Waals surface area contributed by atoms with E-state index in [9.17, 15) is 10.1 Å². The van der Waals surface area contributed by atoms with Gasteiger partial charge in [0.15, 0.2) is 11.8 Å². The molecule has 0 spiro atoms. The minimum absolute atomic E-state index is 0.207. The summed E-state index contributed by atoms with van der Waals surface area (Å²) in [5, 5.41) is 9.48. The molecule has 0 saturated heterocycles. The van der Waals surface area contributed by atoms with Crippen LogP contribution in [0.2, 0.25) is 0 Å². The van der Waals surface area contributed by atoms with E-state index in [1.165, 1.54) is 5.56 Å². The number of rotatable bonds is 5. The van der Waals surface area contributed by atoms with E-state index in [-0.39, 0.29) is 18.0 Å². The second kappa shape index (κ2) is 8.63. The summed E-state index contributed by atoms with van der Waals surface area (Å²) in [6, 6.07) is 6.31. The quantitative estimate of drug-likeness (QED) is 0.377. The Bertz CT molecular complexity index is 1060. The van der Waals surface area contributed by atoms with Crippen LogP contribution in [0.15, 0.2) is 18.2 Å². The van der Waals surface area contributed by atoms with Gasteiger partial charge in [-0.1, -0.05) is 6.07 Å². The Morgan fingerprint density at radius 1 is 1.16 bits per heavy atom. The molecule has 0 atom stereocenters. The van der Waals surface area contributed by atoms with Gasteiger partial charge in [-0.05, 0) is 72.7 Å². The van der Waals surface area contributed by atoms with Crippen LogP contribution in [0.25, 0.3) is 11.1 Å². The standard InChI is InChI=1S/C26H32N2O3/c1-8-30-24(29)12-20-17(3)21-13-28(15-27)14-22(21)18(4)25(20)19-10-9-16(2)11-23(19)31-26(5,6)7/h9-11H,8,12-14H2,1-7H3/p+1. The van der Waals surface area contributed by atoms with Gasteiger partial charge < -0.3 is 14.4 Å².